The summed E-state index contributed by atoms with van der Waals surface area (Å²) in [6.07, 6.45) is 4.23. The number of halogens is 1. The number of benzene rings is 1. The quantitative estimate of drug-likeness (QED) is 0.637. The summed E-state index contributed by atoms with van der Waals surface area (Å²) in [6.45, 7) is 4.70. The van der Waals surface area contributed by atoms with E-state index in [0.29, 0.717) is 34.4 Å². The molecule has 0 radical (unpaired) electrons. The molecule has 0 aliphatic heterocycles. The van der Waals surface area contributed by atoms with Crippen molar-refractivity contribution in [3.05, 3.63) is 59.0 Å². The van der Waals surface area contributed by atoms with Crippen LogP contribution in [0, 0.1) is 0 Å². The van der Waals surface area contributed by atoms with Gasteiger partial charge < -0.3 is 10.1 Å². The summed E-state index contributed by atoms with van der Waals surface area (Å²) in [5.74, 6) is 0.433. The predicted octanol–water partition coefficient (Wildman–Crippen LogP) is 4.98. The lowest BCUT2D eigenvalue weighted by molar-refractivity contribution is 0.102. The van der Waals surface area contributed by atoms with Crippen molar-refractivity contribution in [1.82, 2.24) is 9.38 Å². The van der Waals surface area contributed by atoms with Crippen LogP contribution in [0.4, 0.5) is 5.69 Å². The van der Waals surface area contributed by atoms with Crippen molar-refractivity contribution >= 4 is 28.8 Å². The van der Waals surface area contributed by atoms with Crippen molar-refractivity contribution in [3.8, 4) is 5.75 Å². The minimum atomic E-state index is -0.226. The minimum absolute atomic E-state index is 0.226. The highest BCUT2D eigenvalue weighted by Gasteiger charge is 2.20. The van der Waals surface area contributed by atoms with Crippen LogP contribution >= 0.6 is 11.6 Å². The van der Waals surface area contributed by atoms with Gasteiger partial charge in [0.25, 0.3) is 5.91 Å². The van der Waals surface area contributed by atoms with Gasteiger partial charge in [0, 0.05) is 6.20 Å². The highest BCUT2D eigenvalue weighted by Crippen LogP contribution is 2.26. The monoisotopic (exact) mass is 371 g/mol. The molecule has 1 N–H and O–H groups in total. The molecule has 0 saturated carbocycles. The number of carbonyl (C=O) groups is 1. The number of nitrogens with one attached hydrogen (secondary N) is 1. The van der Waals surface area contributed by atoms with Gasteiger partial charge in [0.05, 0.1) is 23.0 Å². The third-order valence-electron chi connectivity index (χ3n) is 3.95. The molecule has 0 fully saturated rings. The minimum Gasteiger partial charge on any atom is -0.491 e. The van der Waals surface area contributed by atoms with E-state index < -0.39 is 0 Å². The molecule has 136 valence electrons. The molecule has 2 heterocycles. The summed E-state index contributed by atoms with van der Waals surface area (Å²) in [7, 11) is 0. The zero-order chi connectivity index (χ0) is 18.5. The SMILES string of the molecule is CCCOc1ccccc1NC(=O)c1c(CCC)nc2ccc(Cl)cn12. The number of ether oxygens (including phenoxy) is 1. The van der Waals surface area contributed by atoms with Crippen LogP contribution in [-0.4, -0.2) is 21.9 Å². The molecular formula is C20H22ClN3O2. The third-order valence-corrected chi connectivity index (χ3v) is 4.18. The van der Waals surface area contributed by atoms with Crippen LogP contribution in [0.15, 0.2) is 42.6 Å². The maximum absolute atomic E-state index is 13.1. The highest BCUT2D eigenvalue weighted by atomic mass is 35.5. The maximum atomic E-state index is 13.1. The molecule has 1 amide bonds. The predicted molar refractivity (Wildman–Crippen MR) is 104 cm³/mol. The van der Waals surface area contributed by atoms with E-state index in [2.05, 4.69) is 17.2 Å². The summed E-state index contributed by atoms with van der Waals surface area (Å²) < 4.78 is 7.48. The van der Waals surface area contributed by atoms with E-state index in [1.807, 2.05) is 37.3 Å². The van der Waals surface area contributed by atoms with Crippen LogP contribution in [0.3, 0.4) is 0 Å². The number of aryl methyl sites for hydroxylation is 1. The van der Waals surface area contributed by atoms with Crippen molar-refractivity contribution in [2.75, 3.05) is 11.9 Å². The number of imidazole rings is 1. The van der Waals surface area contributed by atoms with Crippen LogP contribution in [0.1, 0.15) is 42.9 Å². The number of nitrogens with zero attached hydrogens (tertiary/aromatic N) is 2. The number of para-hydroxylation sites is 2. The topological polar surface area (TPSA) is 55.6 Å². The number of rotatable bonds is 7. The smallest absolute Gasteiger partial charge is 0.274 e. The number of pyridine rings is 1. The molecule has 0 unspecified atom stereocenters. The normalized spacial score (nSPS) is 10.9. The molecule has 0 spiro atoms. The largest absolute Gasteiger partial charge is 0.491 e. The van der Waals surface area contributed by atoms with Crippen LogP contribution in [0.25, 0.3) is 5.65 Å². The first-order valence-corrected chi connectivity index (χ1v) is 9.21. The van der Waals surface area contributed by atoms with Crippen LogP contribution in [0.5, 0.6) is 5.75 Å². The van der Waals surface area contributed by atoms with Crippen LogP contribution < -0.4 is 10.1 Å². The number of anilines is 1. The Morgan fingerprint density at radius 2 is 2.00 bits per heavy atom. The maximum Gasteiger partial charge on any atom is 0.274 e. The number of hydrogen-bond acceptors (Lipinski definition) is 3. The van der Waals surface area contributed by atoms with Gasteiger partial charge in [-0.2, -0.15) is 0 Å². The van der Waals surface area contributed by atoms with Crippen molar-refractivity contribution in [3.63, 3.8) is 0 Å². The summed E-state index contributed by atoms with van der Waals surface area (Å²) in [4.78, 5) is 17.6. The van der Waals surface area contributed by atoms with Crippen LogP contribution in [-0.2, 0) is 6.42 Å². The second kappa shape index (κ2) is 8.23. The van der Waals surface area contributed by atoms with Gasteiger partial charge in [0.15, 0.2) is 0 Å². The molecule has 0 aliphatic carbocycles. The standard InChI is InChI=1S/C20H22ClN3O2/c1-3-7-16-19(24-13-14(21)10-11-18(24)22-16)20(25)23-15-8-5-6-9-17(15)26-12-4-2/h5-6,8-11,13H,3-4,7,12H2,1-2H3,(H,23,25). The number of amides is 1. The summed E-state index contributed by atoms with van der Waals surface area (Å²) in [5, 5.41) is 3.52. The van der Waals surface area contributed by atoms with E-state index >= 15 is 0 Å². The molecule has 0 atom stereocenters. The van der Waals surface area contributed by atoms with E-state index in [1.165, 1.54) is 0 Å². The Labute approximate surface area is 158 Å². The van der Waals surface area contributed by atoms with Gasteiger partial charge in [0.1, 0.15) is 17.1 Å². The van der Waals surface area contributed by atoms with Gasteiger partial charge in [0.2, 0.25) is 0 Å². The van der Waals surface area contributed by atoms with E-state index in [4.69, 9.17) is 16.3 Å². The Morgan fingerprint density at radius 3 is 2.77 bits per heavy atom. The number of hydrogen-bond donors (Lipinski definition) is 1. The van der Waals surface area contributed by atoms with Crippen molar-refractivity contribution in [2.24, 2.45) is 0 Å². The van der Waals surface area contributed by atoms with Crippen molar-refractivity contribution in [1.29, 1.82) is 0 Å². The molecular weight excluding hydrogens is 350 g/mol. The molecule has 0 aliphatic rings. The van der Waals surface area contributed by atoms with Gasteiger partial charge in [-0.05, 0) is 37.1 Å². The summed E-state index contributed by atoms with van der Waals surface area (Å²) in [5.41, 5.74) is 2.62. The molecule has 3 aromatic rings. The van der Waals surface area contributed by atoms with E-state index in [0.717, 1.165) is 25.0 Å². The lowest BCUT2D eigenvalue weighted by Crippen LogP contribution is -2.17. The molecule has 0 saturated heterocycles. The average Bonchev–Trinajstić information content (AvgIpc) is 2.98. The first-order valence-electron chi connectivity index (χ1n) is 8.83. The second-order valence-corrected chi connectivity index (χ2v) is 6.47. The lowest BCUT2D eigenvalue weighted by atomic mass is 10.2. The van der Waals surface area contributed by atoms with E-state index in [1.54, 1.807) is 16.7 Å². The zero-order valence-electron chi connectivity index (χ0n) is 15.0. The summed E-state index contributed by atoms with van der Waals surface area (Å²) in [6, 6.07) is 11.0. The number of aromatic nitrogens is 2. The molecule has 0 bridgehead atoms. The first kappa shape index (κ1) is 18.3. The van der Waals surface area contributed by atoms with E-state index in [9.17, 15) is 4.79 Å². The Morgan fingerprint density at radius 1 is 1.19 bits per heavy atom. The fourth-order valence-electron chi connectivity index (χ4n) is 2.81. The molecule has 2 aromatic heterocycles. The molecule has 26 heavy (non-hydrogen) atoms. The molecule has 1 aromatic carbocycles. The van der Waals surface area contributed by atoms with Gasteiger partial charge in [-0.3, -0.25) is 9.20 Å². The third kappa shape index (κ3) is 3.83. The lowest BCUT2D eigenvalue weighted by Gasteiger charge is -2.12. The van der Waals surface area contributed by atoms with Gasteiger partial charge in [-0.15, -0.1) is 0 Å². The van der Waals surface area contributed by atoms with Crippen molar-refractivity contribution in [2.45, 2.75) is 33.1 Å². The van der Waals surface area contributed by atoms with Crippen LogP contribution in [0.2, 0.25) is 5.02 Å². The fourth-order valence-corrected chi connectivity index (χ4v) is 2.97. The Bertz CT molecular complexity index is 921. The van der Waals surface area contributed by atoms with Crippen molar-refractivity contribution < 1.29 is 9.53 Å². The van der Waals surface area contributed by atoms with Gasteiger partial charge in [-0.1, -0.05) is 44.0 Å². The average molecular weight is 372 g/mol. The van der Waals surface area contributed by atoms with Gasteiger partial charge in [-0.25, -0.2) is 4.98 Å². The Balaban J connectivity index is 1.97. The zero-order valence-corrected chi connectivity index (χ0v) is 15.7. The molecule has 5 nitrogen and oxygen atoms in total. The molecule has 6 heteroatoms. The summed E-state index contributed by atoms with van der Waals surface area (Å²) >= 11 is 6.12. The first-order chi connectivity index (χ1) is 12.6. The molecule has 3 rings (SSSR count). The highest BCUT2D eigenvalue weighted by molar-refractivity contribution is 6.30. The Kier molecular flexibility index (Phi) is 5.78. The Hall–Kier alpha value is -2.53. The van der Waals surface area contributed by atoms with Gasteiger partial charge >= 0.3 is 0 Å². The number of carbonyl (C=O) groups excluding carboxylic acids is 1. The van der Waals surface area contributed by atoms with E-state index in [-0.39, 0.29) is 5.91 Å². The fraction of sp³-hybridized carbons (Fsp3) is 0.300. The second-order valence-electron chi connectivity index (χ2n) is 6.03. The number of fused-ring (bicyclic) bond motifs is 1.